The molecule has 4 nitrogen and oxygen atoms in total. The summed E-state index contributed by atoms with van der Waals surface area (Å²) in [6, 6.07) is 10.4. The van der Waals surface area contributed by atoms with Crippen LogP contribution in [0.25, 0.3) is 0 Å². The average Bonchev–Trinajstić information content (AvgIpc) is 3.01. The Hall–Kier alpha value is -1.26. The number of rotatable bonds is 2. The molecule has 0 saturated carbocycles. The molecule has 3 aliphatic rings. The molecule has 0 aliphatic carbocycles. The number of likely N-dealkylation sites (N-methyl/N-ethyl adjacent to an activating group) is 1. The first-order valence-corrected chi connectivity index (χ1v) is 8.71. The first-order valence-electron chi connectivity index (χ1n) is 8.71. The molecule has 0 aromatic heterocycles. The number of para-hydroxylation sites is 2. The number of likely N-dealkylation sites (tertiary alicyclic amines) is 1. The molecule has 2 fully saturated rings. The molecule has 22 heavy (non-hydrogen) atoms. The molecule has 3 heterocycles. The fourth-order valence-electron chi connectivity index (χ4n) is 4.33. The monoisotopic (exact) mass is 301 g/mol. The summed E-state index contributed by atoms with van der Waals surface area (Å²) in [6.07, 6.45) is 3.63. The van der Waals surface area contributed by atoms with Gasteiger partial charge in [-0.1, -0.05) is 12.1 Å². The van der Waals surface area contributed by atoms with Crippen LogP contribution in [0.4, 0.5) is 11.4 Å². The lowest BCUT2D eigenvalue weighted by Crippen LogP contribution is -2.51. The van der Waals surface area contributed by atoms with E-state index in [0.29, 0.717) is 12.1 Å². The summed E-state index contributed by atoms with van der Waals surface area (Å²) in [5, 5.41) is 0. The second-order valence-corrected chi connectivity index (χ2v) is 6.92. The molecular formula is C18H27N3O. The summed E-state index contributed by atoms with van der Waals surface area (Å²) < 4.78 is 5.55. The van der Waals surface area contributed by atoms with Gasteiger partial charge in [-0.15, -0.1) is 0 Å². The van der Waals surface area contributed by atoms with E-state index in [2.05, 4.69) is 46.0 Å². The smallest absolute Gasteiger partial charge is 0.0607 e. The van der Waals surface area contributed by atoms with Crippen molar-refractivity contribution in [1.29, 1.82) is 0 Å². The summed E-state index contributed by atoms with van der Waals surface area (Å²) in [7, 11) is 2.24. The van der Waals surface area contributed by atoms with Gasteiger partial charge in [0.2, 0.25) is 0 Å². The van der Waals surface area contributed by atoms with Crippen LogP contribution in [-0.4, -0.2) is 63.4 Å². The van der Waals surface area contributed by atoms with Gasteiger partial charge in [-0.25, -0.2) is 0 Å². The molecule has 0 bridgehead atoms. The van der Waals surface area contributed by atoms with Crippen molar-refractivity contribution in [3.63, 3.8) is 0 Å². The Labute approximate surface area is 133 Å². The highest BCUT2D eigenvalue weighted by atomic mass is 16.5. The maximum atomic E-state index is 5.55. The van der Waals surface area contributed by atoms with Gasteiger partial charge in [-0.2, -0.15) is 0 Å². The molecule has 3 aliphatic heterocycles. The molecule has 4 heteroatoms. The second kappa shape index (κ2) is 6.09. The Kier molecular flexibility index (Phi) is 3.97. The summed E-state index contributed by atoms with van der Waals surface area (Å²) >= 11 is 0. The van der Waals surface area contributed by atoms with Crippen LogP contribution in [0.2, 0.25) is 0 Å². The summed E-state index contributed by atoms with van der Waals surface area (Å²) in [4.78, 5) is 7.76. The van der Waals surface area contributed by atoms with Gasteiger partial charge in [0.15, 0.2) is 0 Å². The van der Waals surface area contributed by atoms with Gasteiger partial charge in [-0.05, 0) is 45.0 Å². The van der Waals surface area contributed by atoms with Crippen LogP contribution >= 0.6 is 0 Å². The second-order valence-electron chi connectivity index (χ2n) is 6.92. The van der Waals surface area contributed by atoms with Crippen molar-refractivity contribution in [3.8, 4) is 0 Å². The molecule has 2 saturated heterocycles. The predicted octanol–water partition coefficient (Wildman–Crippen LogP) is 2.20. The van der Waals surface area contributed by atoms with Gasteiger partial charge in [0.25, 0.3) is 0 Å². The minimum absolute atomic E-state index is 0.656. The fourth-order valence-corrected chi connectivity index (χ4v) is 4.33. The van der Waals surface area contributed by atoms with Crippen LogP contribution in [0.3, 0.4) is 0 Å². The molecule has 0 unspecified atom stereocenters. The van der Waals surface area contributed by atoms with Crippen LogP contribution in [0.1, 0.15) is 19.3 Å². The maximum Gasteiger partial charge on any atom is 0.0607 e. The Morgan fingerprint density at radius 1 is 0.864 bits per heavy atom. The van der Waals surface area contributed by atoms with Gasteiger partial charge >= 0.3 is 0 Å². The zero-order chi connectivity index (χ0) is 14.9. The van der Waals surface area contributed by atoms with E-state index >= 15 is 0 Å². The van der Waals surface area contributed by atoms with Crippen LogP contribution in [0.5, 0.6) is 0 Å². The average molecular weight is 301 g/mol. The Bertz CT molecular complexity index is 483. The summed E-state index contributed by atoms with van der Waals surface area (Å²) in [6.45, 7) is 6.58. The van der Waals surface area contributed by atoms with E-state index in [9.17, 15) is 0 Å². The first-order chi connectivity index (χ1) is 10.8. The number of benzene rings is 1. The van der Waals surface area contributed by atoms with E-state index in [0.717, 1.165) is 26.3 Å². The summed E-state index contributed by atoms with van der Waals surface area (Å²) in [5.41, 5.74) is 2.88. The third-order valence-electron chi connectivity index (χ3n) is 5.52. The van der Waals surface area contributed by atoms with Crippen molar-refractivity contribution < 1.29 is 4.74 Å². The maximum absolute atomic E-state index is 5.55. The van der Waals surface area contributed by atoms with E-state index < -0.39 is 0 Å². The minimum atomic E-state index is 0.656. The molecule has 0 radical (unpaired) electrons. The predicted molar refractivity (Wildman–Crippen MR) is 90.9 cm³/mol. The SMILES string of the molecule is CN1CC[C@@H](N2CCN(C3CCOCC3)c3ccccc32)C1. The number of hydrogen-bond donors (Lipinski definition) is 0. The van der Waals surface area contributed by atoms with Gasteiger partial charge < -0.3 is 19.4 Å². The van der Waals surface area contributed by atoms with Crippen LogP contribution in [-0.2, 0) is 4.74 Å². The zero-order valence-electron chi connectivity index (χ0n) is 13.6. The fraction of sp³-hybridized carbons (Fsp3) is 0.667. The lowest BCUT2D eigenvalue weighted by Gasteiger charge is -2.45. The van der Waals surface area contributed by atoms with E-state index in [1.807, 2.05) is 0 Å². The van der Waals surface area contributed by atoms with E-state index in [1.54, 1.807) is 0 Å². The van der Waals surface area contributed by atoms with Crippen molar-refractivity contribution in [2.45, 2.75) is 31.3 Å². The number of ether oxygens (including phenoxy) is 1. The molecule has 0 amide bonds. The number of nitrogens with zero attached hydrogens (tertiary/aromatic N) is 3. The molecule has 0 N–H and O–H groups in total. The highest BCUT2D eigenvalue weighted by molar-refractivity contribution is 5.74. The van der Waals surface area contributed by atoms with Crippen molar-refractivity contribution in [1.82, 2.24) is 4.90 Å². The van der Waals surface area contributed by atoms with Crippen molar-refractivity contribution in [2.75, 3.05) is 56.2 Å². The van der Waals surface area contributed by atoms with Crippen molar-refractivity contribution in [3.05, 3.63) is 24.3 Å². The highest BCUT2D eigenvalue weighted by Gasteiger charge is 2.33. The molecule has 1 aromatic rings. The molecule has 1 aromatic carbocycles. The molecule has 4 rings (SSSR count). The third-order valence-corrected chi connectivity index (χ3v) is 5.52. The Morgan fingerprint density at radius 2 is 1.50 bits per heavy atom. The standard InChI is InChI=1S/C18H27N3O/c1-19-9-6-16(14-19)21-11-10-20(15-7-12-22-13-8-15)17-4-2-3-5-18(17)21/h2-5,15-16H,6-14H2,1H3/t16-/m1/s1. The van der Waals surface area contributed by atoms with Crippen LogP contribution in [0.15, 0.2) is 24.3 Å². The van der Waals surface area contributed by atoms with Gasteiger partial charge in [-0.3, -0.25) is 0 Å². The van der Waals surface area contributed by atoms with Crippen molar-refractivity contribution in [2.24, 2.45) is 0 Å². The van der Waals surface area contributed by atoms with E-state index in [-0.39, 0.29) is 0 Å². The summed E-state index contributed by atoms with van der Waals surface area (Å²) in [5.74, 6) is 0. The van der Waals surface area contributed by atoms with Gasteiger partial charge in [0, 0.05) is 44.9 Å². The van der Waals surface area contributed by atoms with Gasteiger partial charge in [0.05, 0.1) is 11.4 Å². The quantitative estimate of drug-likeness (QED) is 0.833. The number of fused-ring (bicyclic) bond motifs is 1. The zero-order valence-corrected chi connectivity index (χ0v) is 13.6. The molecule has 0 spiro atoms. The van der Waals surface area contributed by atoms with E-state index in [4.69, 9.17) is 4.74 Å². The molecular weight excluding hydrogens is 274 g/mol. The Morgan fingerprint density at radius 3 is 2.09 bits per heavy atom. The molecule has 120 valence electrons. The molecule has 1 atom stereocenters. The normalized spacial score (nSPS) is 27.2. The van der Waals surface area contributed by atoms with Gasteiger partial charge in [0.1, 0.15) is 0 Å². The number of anilines is 2. The lowest BCUT2D eigenvalue weighted by molar-refractivity contribution is 0.0843. The van der Waals surface area contributed by atoms with Crippen LogP contribution in [0, 0.1) is 0 Å². The van der Waals surface area contributed by atoms with Crippen molar-refractivity contribution >= 4 is 11.4 Å². The first kappa shape index (κ1) is 14.3. The third kappa shape index (κ3) is 2.59. The van der Waals surface area contributed by atoms with Crippen LogP contribution < -0.4 is 9.80 Å². The Balaban J connectivity index is 1.60. The topological polar surface area (TPSA) is 19.0 Å². The minimum Gasteiger partial charge on any atom is -0.381 e. The lowest BCUT2D eigenvalue weighted by atomic mass is 10.0. The van der Waals surface area contributed by atoms with E-state index in [1.165, 1.54) is 43.7 Å². The number of hydrogen-bond acceptors (Lipinski definition) is 4. The highest BCUT2D eigenvalue weighted by Crippen LogP contribution is 2.37. The largest absolute Gasteiger partial charge is 0.381 e.